The Morgan fingerprint density at radius 2 is 2.42 bits per heavy atom. The van der Waals surface area contributed by atoms with E-state index in [1.807, 2.05) is 0 Å². The molecule has 1 unspecified atom stereocenters. The number of fused-ring (bicyclic) bond motifs is 1. The minimum Gasteiger partial charge on any atom is -0.477 e. The van der Waals surface area contributed by atoms with Crippen LogP contribution in [0.5, 0.6) is 0 Å². The second-order valence-electron chi connectivity index (χ2n) is 3.14. The zero-order chi connectivity index (χ0) is 8.72. The molecule has 0 amide bonds. The Kier molecular flexibility index (Phi) is 1.43. The Bertz CT molecular complexity index is 282. The Morgan fingerprint density at radius 3 is 2.92 bits per heavy atom. The van der Waals surface area contributed by atoms with E-state index in [0.717, 1.165) is 13.0 Å². The minimum absolute atomic E-state index is 0.0617. The van der Waals surface area contributed by atoms with Gasteiger partial charge in [0.1, 0.15) is 5.70 Å². The first-order valence-electron chi connectivity index (χ1n) is 3.93. The highest BCUT2D eigenvalue weighted by atomic mass is 16.4. The van der Waals surface area contributed by atoms with Gasteiger partial charge in [-0.1, -0.05) is 0 Å². The maximum atomic E-state index is 11.0. The van der Waals surface area contributed by atoms with E-state index < -0.39 is 5.97 Å². The molecule has 1 saturated heterocycles. The lowest BCUT2D eigenvalue weighted by atomic mass is 9.92. The number of allylic oxidation sites excluding steroid dienone is 1. The van der Waals surface area contributed by atoms with Crippen molar-refractivity contribution in [3.05, 3.63) is 11.8 Å². The predicted molar refractivity (Wildman–Crippen MR) is 40.5 cm³/mol. The van der Waals surface area contributed by atoms with Gasteiger partial charge < -0.3 is 10.0 Å². The minimum atomic E-state index is -0.993. The van der Waals surface area contributed by atoms with Gasteiger partial charge in [-0.05, 0) is 6.42 Å². The molecule has 0 saturated carbocycles. The van der Waals surface area contributed by atoms with E-state index in [9.17, 15) is 9.59 Å². The average molecular weight is 167 g/mol. The van der Waals surface area contributed by atoms with Gasteiger partial charge in [0.2, 0.25) is 0 Å². The van der Waals surface area contributed by atoms with Gasteiger partial charge >= 0.3 is 5.97 Å². The Morgan fingerprint density at radius 1 is 1.67 bits per heavy atom. The molecule has 1 N–H and O–H groups in total. The van der Waals surface area contributed by atoms with Crippen molar-refractivity contribution in [3.8, 4) is 0 Å². The summed E-state index contributed by atoms with van der Waals surface area (Å²) in [6.07, 6.45) is 2.66. The Labute approximate surface area is 69.5 Å². The van der Waals surface area contributed by atoms with Crippen LogP contribution in [0, 0.1) is 0 Å². The first-order chi connectivity index (χ1) is 5.68. The highest BCUT2D eigenvalue weighted by molar-refractivity contribution is 6.00. The van der Waals surface area contributed by atoms with Gasteiger partial charge in [0, 0.05) is 25.1 Å². The topological polar surface area (TPSA) is 57.6 Å². The lowest BCUT2D eigenvalue weighted by Gasteiger charge is -2.44. The molecule has 4 nitrogen and oxygen atoms in total. The van der Waals surface area contributed by atoms with Gasteiger partial charge in [0.25, 0.3) is 0 Å². The molecular formula is C8H9NO3. The van der Waals surface area contributed by atoms with Gasteiger partial charge in [-0.2, -0.15) is 0 Å². The summed E-state index contributed by atoms with van der Waals surface area (Å²) in [5.74, 6) is -1.05. The fourth-order valence-electron chi connectivity index (χ4n) is 1.68. The molecule has 4 heteroatoms. The highest BCUT2D eigenvalue weighted by Gasteiger charge is 2.37. The molecule has 0 aliphatic carbocycles. The van der Waals surface area contributed by atoms with Crippen LogP contribution in [0.15, 0.2) is 11.8 Å². The molecule has 0 radical (unpaired) electrons. The number of hydrogen-bond acceptors (Lipinski definition) is 3. The lowest BCUT2D eigenvalue weighted by molar-refractivity contribution is -0.137. The zero-order valence-electron chi connectivity index (χ0n) is 6.49. The first-order valence-corrected chi connectivity index (χ1v) is 3.93. The van der Waals surface area contributed by atoms with E-state index in [1.165, 1.54) is 6.08 Å². The quantitative estimate of drug-likeness (QED) is 0.597. The number of rotatable bonds is 1. The van der Waals surface area contributed by atoms with Crippen LogP contribution in [0.1, 0.15) is 12.8 Å². The first kappa shape index (κ1) is 7.34. The Balaban J connectivity index is 2.29. The molecule has 2 aliphatic heterocycles. The van der Waals surface area contributed by atoms with E-state index in [4.69, 9.17) is 5.11 Å². The molecule has 2 rings (SSSR count). The summed E-state index contributed by atoms with van der Waals surface area (Å²) in [6, 6.07) is 0.161. The molecule has 12 heavy (non-hydrogen) atoms. The number of carbonyl (C=O) groups excluding carboxylic acids is 1. The molecule has 2 heterocycles. The average Bonchev–Trinajstić information content (AvgIpc) is 1.95. The summed E-state index contributed by atoms with van der Waals surface area (Å²) in [5, 5.41) is 8.72. The van der Waals surface area contributed by atoms with Crippen molar-refractivity contribution in [1.29, 1.82) is 0 Å². The molecule has 0 bridgehead atoms. The number of carboxylic acids is 1. The third-order valence-corrected chi connectivity index (χ3v) is 2.41. The second-order valence-corrected chi connectivity index (χ2v) is 3.14. The fraction of sp³-hybridized carbons (Fsp3) is 0.500. The van der Waals surface area contributed by atoms with Crippen LogP contribution in [0.4, 0.5) is 0 Å². The van der Waals surface area contributed by atoms with Crippen molar-refractivity contribution < 1.29 is 14.7 Å². The van der Waals surface area contributed by atoms with Crippen molar-refractivity contribution >= 4 is 11.8 Å². The van der Waals surface area contributed by atoms with Crippen molar-refractivity contribution in [2.24, 2.45) is 0 Å². The van der Waals surface area contributed by atoms with Gasteiger partial charge in [-0.15, -0.1) is 0 Å². The maximum absolute atomic E-state index is 11.0. The van der Waals surface area contributed by atoms with Gasteiger partial charge in [-0.3, -0.25) is 4.79 Å². The molecule has 1 fully saturated rings. The van der Waals surface area contributed by atoms with Crippen molar-refractivity contribution in [3.63, 3.8) is 0 Å². The second kappa shape index (κ2) is 2.33. The number of nitrogens with zero attached hydrogens (tertiary/aromatic N) is 1. The predicted octanol–water partition coefficient (Wildman–Crippen LogP) is 0.00200. The van der Waals surface area contributed by atoms with Gasteiger partial charge in [0.05, 0.1) is 0 Å². The third kappa shape index (κ3) is 0.913. The molecule has 0 aromatic carbocycles. The molecule has 2 aliphatic rings. The summed E-state index contributed by atoms with van der Waals surface area (Å²) < 4.78 is 0. The number of carbonyl (C=O) groups is 2. The third-order valence-electron chi connectivity index (χ3n) is 2.41. The van der Waals surface area contributed by atoms with E-state index in [0.29, 0.717) is 6.42 Å². The van der Waals surface area contributed by atoms with Crippen LogP contribution in [-0.4, -0.2) is 34.3 Å². The SMILES string of the molecule is O=C1C=C(C(=O)O)N2CCC2C1. The summed E-state index contributed by atoms with van der Waals surface area (Å²) >= 11 is 0. The maximum Gasteiger partial charge on any atom is 0.352 e. The molecule has 0 aromatic rings. The van der Waals surface area contributed by atoms with Crippen LogP contribution >= 0.6 is 0 Å². The summed E-state index contributed by atoms with van der Waals surface area (Å²) in [4.78, 5) is 23.4. The van der Waals surface area contributed by atoms with Crippen molar-refractivity contribution in [2.45, 2.75) is 18.9 Å². The van der Waals surface area contributed by atoms with Crippen LogP contribution in [-0.2, 0) is 9.59 Å². The van der Waals surface area contributed by atoms with E-state index in [2.05, 4.69) is 0 Å². The largest absolute Gasteiger partial charge is 0.477 e. The number of hydrogen-bond donors (Lipinski definition) is 1. The van der Waals surface area contributed by atoms with E-state index in [-0.39, 0.29) is 17.5 Å². The highest BCUT2D eigenvalue weighted by Crippen LogP contribution is 2.29. The number of ketones is 1. The molecule has 0 aromatic heterocycles. The Hall–Kier alpha value is -1.32. The zero-order valence-corrected chi connectivity index (χ0v) is 6.49. The van der Waals surface area contributed by atoms with Gasteiger partial charge in [0.15, 0.2) is 5.78 Å². The van der Waals surface area contributed by atoms with Gasteiger partial charge in [-0.25, -0.2) is 4.79 Å². The van der Waals surface area contributed by atoms with Crippen LogP contribution < -0.4 is 0 Å². The summed E-state index contributed by atoms with van der Waals surface area (Å²) in [7, 11) is 0. The van der Waals surface area contributed by atoms with E-state index in [1.54, 1.807) is 4.90 Å². The number of aliphatic carboxylic acids is 1. The lowest BCUT2D eigenvalue weighted by Crippen LogP contribution is -2.51. The normalized spacial score (nSPS) is 27.3. The molecule has 64 valence electrons. The molecule has 1 atom stereocenters. The summed E-state index contributed by atoms with van der Waals surface area (Å²) in [6.45, 7) is 0.774. The molecule has 0 spiro atoms. The molecular weight excluding hydrogens is 158 g/mol. The fourth-order valence-corrected chi connectivity index (χ4v) is 1.68. The van der Waals surface area contributed by atoms with Crippen LogP contribution in [0.2, 0.25) is 0 Å². The van der Waals surface area contributed by atoms with Crippen molar-refractivity contribution in [2.75, 3.05) is 6.54 Å². The van der Waals surface area contributed by atoms with Crippen LogP contribution in [0.25, 0.3) is 0 Å². The van der Waals surface area contributed by atoms with Crippen LogP contribution in [0.3, 0.4) is 0 Å². The number of carboxylic acid groups (broad SMARTS) is 1. The van der Waals surface area contributed by atoms with Crippen molar-refractivity contribution in [1.82, 2.24) is 4.90 Å². The standard InChI is InChI=1S/C8H9NO3/c10-6-3-5-1-2-9(5)7(4-6)8(11)12/h4-5H,1-3H2,(H,11,12). The monoisotopic (exact) mass is 167 g/mol. The summed E-state index contributed by atoms with van der Waals surface area (Å²) in [5.41, 5.74) is 0.169. The smallest absolute Gasteiger partial charge is 0.352 e. The van der Waals surface area contributed by atoms with E-state index >= 15 is 0 Å².